The summed E-state index contributed by atoms with van der Waals surface area (Å²) in [6.45, 7) is 1.53. The Bertz CT molecular complexity index is 814. The van der Waals surface area contributed by atoms with Crippen LogP contribution in [-0.2, 0) is 22.6 Å². The predicted octanol–water partition coefficient (Wildman–Crippen LogP) is 3.79. The number of fused-ring (bicyclic) bond motifs is 1. The first-order valence-corrected chi connectivity index (χ1v) is 9.90. The molecule has 0 N–H and O–H groups in total. The third kappa shape index (κ3) is 4.05. The van der Waals surface area contributed by atoms with Crippen LogP contribution in [0.5, 0.6) is 0 Å². The molecule has 0 saturated heterocycles. The molecule has 0 bridgehead atoms. The Morgan fingerprint density at radius 2 is 1.74 bits per heavy atom. The maximum Gasteiger partial charge on any atom is 0.242 e. The van der Waals surface area contributed by atoms with E-state index in [-0.39, 0.29) is 18.4 Å². The van der Waals surface area contributed by atoms with E-state index in [9.17, 15) is 9.59 Å². The van der Waals surface area contributed by atoms with Crippen molar-refractivity contribution in [3.8, 4) is 0 Å². The van der Waals surface area contributed by atoms with Crippen LogP contribution < -0.4 is 4.90 Å². The maximum absolute atomic E-state index is 13.2. The molecule has 1 fully saturated rings. The molecule has 2 aromatic carbocycles. The lowest BCUT2D eigenvalue weighted by molar-refractivity contribution is -0.133. The molecule has 1 saturated carbocycles. The first-order valence-electron chi connectivity index (χ1n) is 9.90. The zero-order valence-corrected chi connectivity index (χ0v) is 15.6. The summed E-state index contributed by atoms with van der Waals surface area (Å²) in [5.74, 6) is 0.683. The second-order valence-corrected chi connectivity index (χ2v) is 7.67. The smallest absolute Gasteiger partial charge is 0.242 e. The van der Waals surface area contributed by atoms with Crippen LogP contribution in [0.25, 0.3) is 0 Å². The first-order chi connectivity index (χ1) is 13.2. The molecule has 0 atom stereocenters. The zero-order valence-electron chi connectivity index (χ0n) is 15.6. The molecule has 1 aliphatic carbocycles. The Balaban J connectivity index is 1.51. The lowest BCUT2D eigenvalue weighted by Crippen LogP contribution is -2.46. The fourth-order valence-corrected chi connectivity index (χ4v) is 3.95. The second kappa shape index (κ2) is 7.95. The quantitative estimate of drug-likeness (QED) is 0.784. The van der Waals surface area contributed by atoms with E-state index in [2.05, 4.69) is 18.2 Å². The number of anilines is 1. The molecule has 140 valence electrons. The number of rotatable bonds is 6. The van der Waals surface area contributed by atoms with E-state index in [1.807, 2.05) is 41.3 Å². The van der Waals surface area contributed by atoms with Crippen LogP contribution in [0, 0.1) is 5.92 Å². The average Bonchev–Trinajstić information content (AvgIpc) is 2.66. The van der Waals surface area contributed by atoms with E-state index in [0.717, 1.165) is 29.8 Å². The van der Waals surface area contributed by atoms with Gasteiger partial charge < -0.3 is 9.80 Å². The lowest BCUT2D eigenvalue weighted by Gasteiger charge is -2.35. The third-order valence-electron chi connectivity index (χ3n) is 5.76. The predicted molar refractivity (Wildman–Crippen MR) is 106 cm³/mol. The minimum Gasteiger partial charge on any atom is -0.337 e. The molecule has 1 aliphatic heterocycles. The first kappa shape index (κ1) is 17.8. The highest BCUT2D eigenvalue weighted by atomic mass is 16.2. The molecule has 2 aromatic rings. The summed E-state index contributed by atoms with van der Waals surface area (Å²) < 4.78 is 0. The second-order valence-electron chi connectivity index (χ2n) is 7.67. The van der Waals surface area contributed by atoms with E-state index in [4.69, 9.17) is 0 Å². The highest BCUT2D eigenvalue weighted by Gasteiger charge is 2.29. The Hall–Kier alpha value is -2.62. The van der Waals surface area contributed by atoms with Crippen LogP contribution in [0.15, 0.2) is 54.6 Å². The van der Waals surface area contributed by atoms with Gasteiger partial charge in [0.05, 0.1) is 0 Å². The largest absolute Gasteiger partial charge is 0.337 e. The molecular formula is C23H26N2O2. The molecule has 1 heterocycles. The summed E-state index contributed by atoms with van der Waals surface area (Å²) in [5.41, 5.74) is 3.18. The van der Waals surface area contributed by atoms with Gasteiger partial charge in [0.1, 0.15) is 6.54 Å². The van der Waals surface area contributed by atoms with E-state index >= 15 is 0 Å². The average molecular weight is 362 g/mol. The fraction of sp³-hybridized carbons (Fsp3) is 0.391. The van der Waals surface area contributed by atoms with E-state index in [0.29, 0.717) is 18.9 Å². The van der Waals surface area contributed by atoms with E-state index < -0.39 is 0 Å². The molecule has 27 heavy (non-hydrogen) atoms. The standard InChI is InChI=1S/C23H26N2O2/c26-22-14-13-20-11-4-5-12-21(20)25(22)17-23(27)24(16-19-9-6-10-19)15-18-7-2-1-3-8-18/h1-5,7-8,11-12,19H,6,9-10,13-17H2. The van der Waals surface area contributed by atoms with Crippen molar-refractivity contribution < 1.29 is 9.59 Å². The number of nitrogens with zero attached hydrogens (tertiary/aromatic N) is 2. The van der Waals surface area contributed by atoms with Crippen molar-refractivity contribution in [2.45, 2.75) is 38.6 Å². The maximum atomic E-state index is 13.2. The number of hydrogen-bond acceptors (Lipinski definition) is 2. The topological polar surface area (TPSA) is 40.6 Å². The van der Waals surface area contributed by atoms with Crippen molar-refractivity contribution in [1.82, 2.24) is 4.90 Å². The Kier molecular flexibility index (Phi) is 5.23. The van der Waals surface area contributed by atoms with E-state index in [1.165, 1.54) is 19.3 Å². The summed E-state index contributed by atoms with van der Waals surface area (Å²) >= 11 is 0. The Morgan fingerprint density at radius 3 is 2.48 bits per heavy atom. The van der Waals surface area contributed by atoms with Gasteiger partial charge >= 0.3 is 0 Å². The Labute approximate surface area is 160 Å². The van der Waals surface area contributed by atoms with Gasteiger partial charge in [0, 0.05) is 25.2 Å². The SMILES string of the molecule is O=C(CN1C(=O)CCc2ccccc21)N(Cc1ccccc1)CC1CCC1. The molecule has 4 rings (SSSR count). The van der Waals surface area contributed by atoms with Crippen molar-refractivity contribution in [1.29, 1.82) is 0 Å². The van der Waals surface area contributed by atoms with Crippen LogP contribution in [0.1, 0.15) is 36.8 Å². The summed E-state index contributed by atoms with van der Waals surface area (Å²) in [6, 6.07) is 18.0. The molecule has 4 nitrogen and oxygen atoms in total. The normalized spacial score (nSPS) is 16.6. The number of benzene rings is 2. The summed E-state index contributed by atoms with van der Waals surface area (Å²) in [4.78, 5) is 29.3. The van der Waals surface area contributed by atoms with Crippen molar-refractivity contribution in [2.75, 3.05) is 18.0 Å². The minimum absolute atomic E-state index is 0.0378. The van der Waals surface area contributed by atoms with Gasteiger partial charge in [0.15, 0.2) is 0 Å². The van der Waals surface area contributed by atoms with Gasteiger partial charge in [-0.05, 0) is 42.4 Å². The van der Waals surface area contributed by atoms with Crippen LogP contribution in [-0.4, -0.2) is 29.8 Å². The number of amides is 2. The molecule has 0 radical (unpaired) electrons. The number of carbonyl (C=O) groups excluding carboxylic acids is 2. The van der Waals surface area contributed by atoms with Gasteiger partial charge in [0.2, 0.25) is 11.8 Å². The molecule has 0 spiro atoms. The van der Waals surface area contributed by atoms with Gasteiger partial charge in [0.25, 0.3) is 0 Å². The van der Waals surface area contributed by atoms with Gasteiger partial charge in [-0.3, -0.25) is 9.59 Å². The van der Waals surface area contributed by atoms with Crippen LogP contribution >= 0.6 is 0 Å². The third-order valence-corrected chi connectivity index (χ3v) is 5.76. The van der Waals surface area contributed by atoms with Crippen LogP contribution in [0.2, 0.25) is 0 Å². The summed E-state index contributed by atoms with van der Waals surface area (Å²) in [7, 11) is 0. The van der Waals surface area contributed by atoms with Gasteiger partial charge in [-0.1, -0.05) is 55.0 Å². The highest BCUT2D eigenvalue weighted by molar-refractivity contribution is 6.01. The molecule has 0 unspecified atom stereocenters. The summed E-state index contributed by atoms with van der Waals surface area (Å²) in [6.07, 6.45) is 4.89. The lowest BCUT2D eigenvalue weighted by atomic mass is 9.85. The number of hydrogen-bond donors (Lipinski definition) is 0. The van der Waals surface area contributed by atoms with Crippen molar-refractivity contribution in [2.24, 2.45) is 5.92 Å². The minimum atomic E-state index is 0.0378. The van der Waals surface area contributed by atoms with Crippen LogP contribution in [0.4, 0.5) is 5.69 Å². The zero-order chi connectivity index (χ0) is 18.6. The summed E-state index contributed by atoms with van der Waals surface area (Å²) in [5, 5.41) is 0. The van der Waals surface area contributed by atoms with Gasteiger partial charge in [-0.2, -0.15) is 0 Å². The van der Waals surface area contributed by atoms with Gasteiger partial charge in [-0.25, -0.2) is 0 Å². The molecule has 0 aromatic heterocycles. The fourth-order valence-electron chi connectivity index (χ4n) is 3.95. The number of para-hydroxylation sites is 1. The van der Waals surface area contributed by atoms with Crippen LogP contribution in [0.3, 0.4) is 0 Å². The van der Waals surface area contributed by atoms with Crippen molar-refractivity contribution in [3.63, 3.8) is 0 Å². The monoisotopic (exact) mass is 362 g/mol. The molecule has 2 amide bonds. The molecular weight excluding hydrogens is 336 g/mol. The van der Waals surface area contributed by atoms with Crippen molar-refractivity contribution in [3.05, 3.63) is 65.7 Å². The number of carbonyl (C=O) groups is 2. The molecule has 4 heteroatoms. The van der Waals surface area contributed by atoms with Crippen molar-refractivity contribution >= 4 is 17.5 Å². The van der Waals surface area contributed by atoms with E-state index in [1.54, 1.807) is 4.90 Å². The molecule has 2 aliphatic rings. The van der Waals surface area contributed by atoms with Gasteiger partial charge in [-0.15, -0.1) is 0 Å². The number of aryl methyl sites for hydroxylation is 1. The highest BCUT2D eigenvalue weighted by Crippen LogP contribution is 2.29. The Morgan fingerprint density at radius 1 is 1.00 bits per heavy atom.